The zero-order chi connectivity index (χ0) is 28.1. The minimum absolute atomic E-state index is 0.00887. The van der Waals surface area contributed by atoms with Crippen LogP contribution in [0.15, 0.2) is 12.2 Å². The van der Waals surface area contributed by atoms with Crippen molar-refractivity contribution in [2.75, 3.05) is 6.54 Å². The Kier molecular flexibility index (Phi) is 20.0. The molecular weight excluding hydrogens is 470 g/mol. The van der Waals surface area contributed by atoms with Crippen LogP contribution in [-0.2, 0) is 14.4 Å². The van der Waals surface area contributed by atoms with Gasteiger partial charge in [0, 0.05) is 0 Å². The van der Waals surface area contributed by atoms with Crippen LogP contribution in [0.2, 0.25) is 0 Å². The molecule has 216 valence electrons. The molecule has 0 aromatic rings. The summed E-state index contributed by atoms with van der Waals surface area (Å²) in [5.74, 6) is -3.91. The second-order valence-electron chi connectivity index (χ2n) is 10.8. The topological polar surface area (TPSA) is 115 Å². The fraction of sp³-hybridized carbons (Fsp3) is 0.833. The number of carboxylic acid groups (broad SMARTS) is 3. The van der Waals surface area contributed by atoms with E-state index >= 15 is 0 Å². The predicted molar refractivity (Wildman–Crippen MR) is 147 cm³/mol. The number of rotatable bonds is 25. The second-order valence-corrected chi connectivity index (χ2v) is 10.8. The SMILES string of the molecule is CCCCCCCCCCCCCCCCCC/C=C/C[N+](C(C)C(=O)[O-])(C(C)C(=O)O)C(C)C(=O)O. The van der Waals surface area contributed by atoms with Crippen LogP contribution in [0.3, 0.4) is 0 Å². The first-order valence-corrected chi connectivity index (χ1v) is 14.8. The Morgan fingerprint density at radius 2 is 0.973 bits per heavy atom. The minimum atomic E-state index is -1.45. The molecule has 2 N–H and O–H groups in total. The number of quaternary nitrogens is 1. The van der Waals surface area contributed by atoms with Gasteiger partial charge in [-0.3, -0.25) is 4.48 Å². The summed E-state index contributed by atoms with van der Waals surface area (Å²) in [5, 5.41) is 30.8. The van der Waals surface area contributed by atoms with Crippen molar-refractivity contribution in [1.82, 2.24) is 0 Å². The molecule has 0 aliphatic carbocycles. The Balaban J connectivity index is 4.21. The molecule has 0 amide bonds. The third-order valence-corrected chi connectivity index (χ3v) is 8.03. The van der Waals surface area contributed by atoms with Gasteiger partial charge in [-0.1, -0.05) is 109 Å². The summed E-state index contributed by atoms with van der Waals surface area (Å²) in [4.78, 5) is 35.2. The molecule has 7 heteroatoms. The molecule has 3 unspecified atom stereocenters. The highest BCUT2D eigenvalue weighted by Gasteiger charge is 2.50. The maximum absolute atomic E-state index is 11.8. The van der Waals surface area contributed by atoms with E-state index in [0.29, 0.717) is 0 Å². The van der Waals surface area contributed by atoms with Crippen molar-refractivity contribution < 1.29 is 34.2 Å². The van der Waals surface area contributed by atoms with Gasteiger partial charge in [0.05, 0.1) is 12.5 Å². The lowest BCUT2D eigenvalue weighted by Crippen LogP contribution is -2.71. The zero-order valence-corrected chi connectivity index (χ0v) is 24.1. The monoisotopic (exact) mass is 525 g/mol. The summed E-state index contributed by atoms with van der Waals surface area (Å²) in [6, 6.07) is -3.70. The normalized spacial score (nSPS) is 15.8. The number of unbranched alkanes of at least 4 members (excludes halogenated alkanes) is 16. The third-order valence-electron chi connectivity index (χ3n) is 8.03. The molecule has 0 aromatic carbocycles. The van der Waals surface area contributed by atoms with Crippen LogP contribution in [0.25, 0.3) is 0 Å². The maximum atomic E-state index is 11.8. The lowest BCUT2D eigenvalue weighted by atomic mass is 10.0. The third kappa shape index (κ3) is 14.0. The average Bonchev–Trinajstić information content (AvgIpc) is 2.86. The first-order valence-electron chi connectivity index (χ1n) is 14.8. The number of nitrogens with zero attached hydrogens (tertiary/aromatic N) is 1. The number of carbonyl (C=O) groups is 3. The standard InChI is InChI=1S/C30H55NO6/c1-5-6-7-8-9-10-11-12-13-14-15-16-17-18-19-20-21-22-23-24-31(25(2)28(32)33,26(3)29(34)35)27(4)30(36)37/h22-23,25-27H,5-21,24H2,1-4H3,(H2-,32,33,34,35,36,37)/b23-22+. The molecule has 0 spiro atoms. The minimum Gasteiger partial charge on any atom is -0.544 e. The highest BCUT2D eigenvalue weighted by Crippen LogP contribution is 2.26. The van der Waals surface area contributed by atoms with Crippen LogP contribution in [0, 0.1) is 0 Å². The van der Waals surface area contributed by atoms with E-state index < -0.39 is 40.5 Å². The van der Waals surface area contributed by atoms with E-state index in [1.165, 1.54) is 111 Å². The Morgan fingerprint density at radius 1 is 0.622 bits per heavy atom. The lowest BCUT2D eigenvalue weighted by Gasteiger charge is -2.48. The number of carboxylic acids is 3. The first-order chi connectivity index (χ1) is 17.6. The number of hydrogen-bond acceptors (Lipinski definition) is 4. The van der Waals surface area contributed by atoms with E-state index in [9.17, 15) is 29.7 Å². The summed E-state index contributed by atoms with van der Waals surface area (Å²) in [7, 11) is 0. The fourth-order valence-electron chi connectivity index (χ4n) is 5.27. The van der Waals surface area contributed by atoms with Crippen molar-refractivity contribution in [2.24, 2.45) is 0 Å². The van der Waals surface area contributed by atoms with Gasteiger partial charge < -0.3 is 20.1 Å². The summed E-state index contributed by atoms with van der Waals surface area (Å²) in [6.45, 7) is 6.33. The number of hydrogen-bond donors (Lipinski definition) is 2. The van der Waals surface area contributed by atoms with Crippen LogP contribution < -0.4 is 5.11 Å². The van der Waals surface area contributed by atoms with Gasteiger partial charge in [0.2, 0.25) is 0 Å². The summed E-state index contributed by atoms with van der Waals surface area (Å²) < 4.78 is -0.623. The molecule has 37 heavy (non-hydrogen) atoms. The molecule has 3 atom stereocenters. The molecule has 0 bridgehead atoms. The van der Waals surface area contributed by atoms with Crippen LogP contribution >= 0.6 is 0 Å². The highest BCUT2D eigenvalue weighted by atomic mass is 16.4. The quantitative estimate of drug-likeness (QED) is 0.0846. The van der Waals surface area contributed by atoms with E-state index in [4.69, 9.17) is 0 Å². The van der Waals surface area contributed by atoms with Gasteiger partial charge in [-0.2, -0.15) is 0 Å². The highest BCUT2D eigenvalue weighted by molar-refractivity contribution is 5.77. The van der Waals surface area contributed by atoms with Crippen molar-refractivity contribution in [2.45, 2.75) is 155 Å². The molecule has 7 nitrogen and oxygen atoms in total. The van der Waals surface area contributed by atoms with Gasteiger partial charge in [-0.05, 0) is 39.7 Å². The maximum Gasteiger partial charge on any atom is 0.362 e. The van der Waals surface area contributed by atoms with Crippen molar-refractivity contribution in [3.05, 3.63) is 12.2 Å². The molecule has 0 rings (SSSR count). The Bertz CT molecular complexity index is 612. The van der Waals surface area contributed by atoms with E-state index in [-0.39, 0.29) is 6.54 Å². The summed E-state index contributed by atoms with van der Waals surface area (Å²) in [6.07, 6.45) is 25.4. The average molecular weight is 526 g/mol. The molecule has 0 saturated heterocycles. The van der Waals surface area contributed by atoms with Gasteiger partial charge >= 0.3 is 11.9 Å². The van der Waals surface area contributed by atoms with Crippen LogP contribution in [0.4, 0.5) is 0 Å². The van der Waals surface area contributed by atoms with Crippen LogP contribution in [0.5, 0.6) is 0 Å². The summed E-state index contributed by atoms with van der Waals surface area (Å²) in [5.41, 5.74) is 0. The molecule has 0 radical (unpaired) electrons. The molecule has 0 fully saturated rings. The van der Waals surface area contributed by atoms with Crippen LogP contribution in [0.1, 0.15) is 137 Å². The summed E-state index contributed by atoms with van der Waals surface area (Å²) >= 11 is 0. The molecule has 0 saturated carbocycles. The fourth-order valence-corrected chi connectivity index (χ4v) is 5.27. The molecular formula is C30H55NO6. The predicted octanol–water partition coefficient (Wildman–Crippen LogP) is 6.10. The van der Waals surface area contributed by atoms with Gasteiger partial charge in [0.25, 0.3) is 0 Å². The molecule has 0 heterocycles. The Labute approximate surface area is 225 Å². The van der Waals surface area contributed by atoms with Gasteiger partial charge in [-0.15, -0.1) is 0 Å². The van der Waals surface area contributed by atoms with Crippen molar-refractivity contribution in [1.29, 1.82) is 0 Å². The van der Waals surface area contributed by atoms with Crippen molar-refractivity contribution >= 4 is 17.9 Å². The second kappa shape index (κ2) is 21.1. The number of carbonyl (C=O) groups excluding carboxylic acids is 1. The number of aliphatic carboxylic acids is 3. The molecule has 0 aliphatic rings. The van der Waals surface area contributed by atoms with E-state index in [2.05, 4.69) is 6.92 Å². The molecule has 0 aromatic heterocycles. The van der Waals surface area contributed by atoms with E-state index in [0.717, 1.165) is 19.3 Å². The first kappa shape index (κ1) is 35.1. The number of allylic oxidation sites excluding steroid dienone is 1. The van der Waals surface area contributed by atoms with Gasteiger partial charge in [0.15, 0.2) is 12.1 Å². The van der Waals surface area contributed by atoms with Crippen molar-refractivity contribution in [3.63, 3.8) is 0 Å². The molecule has 0 aliphatic heterocycles. The Morgan fingerprint density at radius 3 is 1.30 bits per heavy atom. The van der Waals surface area contributed by atoms with Gasteiger partial charge in [-0.25, -0.2) is 9.59 Å². The van der Waals surface area contributed by atoms with Crippen LogP contribution in [-0.4, -0.2) is 57.3 Å². The van der Waals surface area contributed by atoms with Crippen molar-refractivity contribution in [3.8, 4) is 0 Å². The van der Waals surface area contributed by atoms with E-state index in [1.807, 2.05) is 6.08 Å². The Hall–Kier alpha value is -1.89. The van der Waals surface area contributed by atoms with E-state index in [1.54, 1.807) is 6.08 Å². The zero-order valence-electron chi connectivity index (χ0n) is 24.1. The van der Waals surface area contributed by atoms with Gasteiger partial charge in [0.1, 0.15) is 6.04 Å². The lowest BCUT2D eigenvalue weighted by molar-refractivity contribution is -0.964. The smallest absolute Gasteiger partial charge is 0.362 e. The largest absolute Gasteiger partial charge is 0.544 e.